The van der Waals surface area contributed by atoms with E-state index >= 15 is 0 Å². The highest BCUT2D eigenvalue weighted by Crippen LogP contribution is 2.38. The first-order valence-corrected chi connectivity index (χ1v) is 14.1. The van der Waals surface area contributed by atoms with Gasteiger partial charge in [0.15, 0.2) is 0 Å². The maximum absolute atomic E-state index is 13.2. The Morgan fingerprint density at radius 2 is 2.00 bits per heavy atom. The first-order valence-electron chi connectivity index (χ1n) is 14.1. The van der Waals surface area contributed by atoms with E-state index in [0.29, 0.717) is 42.8 Å². The second-order valence-electron chi connectivity index (χ2n) is 11.9. The van der Waals surface area contributed by atoms with Gasteiger partial charge in [-0.25, -0.2) is 14.6 Å². The minimum atomic E-state index is -1.02. The minimum Gasteiger partial charge on any atom is -0.497 e. The summed E-state index contributed by atoms with van der Waals surface area (Å²) < 4.78 is 10.8. The number of likely N-dealkylation sites (tertiary alicyclic amines) is 1. The predicted octanol–water partition coefficient (Wildman–Crippen LogP) is 3.64. The molecule has 3 N–H and O–H groups in total. The molecule has 4 atom stereocenters. The van der Waals surface area contributed by atoms with Crippen molar-refractivity contribution in [2.75, 3.05) is 13.7 Å². The van der Waals surface area contributed by atoms with Gasteiger partial charge in [0.25, 0.3) is 5.56 Å². The summed E-state index contributed by atoms with van der Waals surface area (Å²) in [5.74, 6) is -0.470. The van der Waals surface area contributed by atoms with Crippen molar-refractivity contribution >= 4 is 29.0 Å². The topological polar surface area (TPSA) is 151 Å². The van der Waals surface area contributed by atoms with E-state index < -0.39 is 29.6 Å². The van der Waals surface area contributed by atoms with Gasteiger partial charge >= 0.3 is 12.1 Å². The summed E-state index contributed by atoms with van der Waals surface area (Å²) in [5.41, 5.74) is 1.10. The maximum atomic E-state index is 13.2. The number of nitrogens with one attached hydrogen (secondary N) is 2. The van der Waals surface area contributed by atoms with Gasteiger partial charge in [-0.2, -0.15) is 0 Å². The second-order valence-corrected chi connectivity index (χ2v) is 11.9. The lowest BCUT2D eigenvalue weighted by molar-refractivity contribution is -0.150. The molecule has 1 aromatic carbocycles. The number of carbonyl (C=O) groups excluding carboxylic acids is 2. The quantitative estimate of drug-likeness (QED) is 0.355. The molecule has 11 heteroatoms. The first kappa shape index (κ1) is 29.4. The van der Waals surface area contributed by atoms with Crippen LogP contribution in [0.3, 0.4) is 0 Å². The highest BCUT2D eigenvalue weighted by atomic mass is 16.6. The van der Waals surface area contributed by atoms with Crippen LogP contribution < -0.4 is 15.6 Å². The summed E-state index contributed by atoms with van der Waals surface area (Å²) in [7, 11) is 1.58. The summed E-state index contributed by atoms with van der Waals surface area (Å²) in [6, 6.07) is 3.66. The van der Waals surface area contributed by atoms with Crippen LogP contribution in [0.1, 0.15) is 71.4 Å². The number of H-pyrrole nitrogens is 1. The number of nitrogens with zero attached hydrogens (tertiary/aromatic N) is 2. The zero-order valence-corrected chi connectivity index (χ0v) is 23.7. The fourth-order valence-electron chi connectivity index (χ4n) is 5.33. The number of hydrogen-bond donors (Lipinski definition) is 3. The fraction of sp³-hybridized carbons (Fsp3) is 0.621. The number of benzene rings is 1. The fourth-order valence-corrected chi connectivity index (χ4v) is 5.33. The molecule has 2 fully saturated rings. The smallest absolute Gasteiger partial charge is 0.408 e. The predicted molar refractivity (Wildman–Crippen MR) is 148 cm³/mol. The van der Waals surface area contributed by atoms with Crippen LogP contribution in [0.5, 0.6) is 5.75 Å². The lowest BCUT2D eigenvalue weighted by Gasteiger charge is -2.34. The number of rotatable bonds is 11. The summed E-state index contributed by atoms with van der Waals surface area (Å²) in [6.07, 6.45) is 5.20. The lowest BCUT2D eigenvalue weighted by Crippen LogP contribution is -2.56. The number of carboxylic acids is 1. The Kier molecular flexibility index (Phi) is 9.00. The van der Waals surface area contributed by atoms with Gasteiger partial charge in [-0.05, 0) is 62.0 Å². The zero-order chi connectivity index (χ0) is 29.0. The highest BCUT2D eigenvalue weighted by molar-refractivity contribution is 5.90. The zero-order valence-electron chi connectivity index (χ0n) is 23.7. The van der Waals surface area contributed by atoms with Crippen molar-refractivity contribution in [1.29, 1.82) is 0 Å². The van der Waals surface area contributed by atoms with E-state index in [2.05, 4.69) is 15.3 Å². The van der Waals surface area contributed by atoms with E-state index in [0.717, 1.165) is 37.6 Å². The van der Waals surface area contributed by atoms with E-state index in [4.69, 9.17) is 9.47 Å². The van der Waals surface area contributed by atoms with E-state index in [1.54, 1.807) is 13.2 Å². The Labute approximate surface area is 233 Å². The summed E-state index contributed by atoms with van der Waals surface area (Å²) in [5, 5.41) is 12.2. The van der Waals surface area contributed by atoms with Crippen molar-refractivity contribution in [1.82, 2.24) is 20.2 Å². The third kappa shape index (κ3) is 7.11. The minimum absolute atomic E-state index is 0.183. The molecule has 0 bridgehead atoms. The van der Waals surface area contributed by atoms with Crippen LogP contribution in [0.15, 0.2) is 23.0 Å². The number of aromatic nitrogens is 2. The van der Waals surface area contributed by atoms with Crippen LogP contribution in [0.25, 0.3) is 11.0 Å². The number of aliphatic carboxylic acids is 1. The number of methoxy groups -OCH3 is 1. The number of carbonyl (C=O) groups is 3. The van der Waals surface area contributed by atoms with Crippen LogP contribution in [0.2, 0.25) is 0 Å². The molecule has 2 aromatic rings. The Balaban J connectivity index is 1.19. The van der Waals surface area contributed by atoms with Gasteiger partial charge in [0.2, 0.25) is 5.91 Å². The Hall–Kier alpha value is -3.63. The maximum Gasteiger partial charge on any atom is 0.408 e. The number of aryl methyl sites for hydroxylation is 1. The van der Waals surface area contributed by atoms with Gasteiger partial charge in [-0.3, -0.25) is 9.59 Å². The third-order valence-corrected chi connectivity index (χ3v) is 7.77. The van der Waals surface area contributed by atoms with Crippen molar-refractivity contribution in [3.8, 4) is 5.75 Å². The lowest BCUT2D eigenvalue weighted by atomic mass is 9.85. The van der Waals surface area contributed by atoms with Crippen LogP contribution in [-0.2, 0) is 20.7 Å². The van der Waals surface area contributed by atoms with Gasteiger partial charge < -0.3 is 29.8 Å². The molecular formula is C29H40N4O7. The number of alkyl carbamates (subject to hydrolysis) is 1. The van der Waals surface area contributed by atoms with Crippen molar-refractivity contribution in [3.05, 3.63) is 34.2 Å². The van der Waals surface area contributed by atoms with Gasteiger partial charge in [0.05, 0.1) is 18.1 Å². The van der Waals surface area contributed by atoms with E-state index in [1.165, 1.54) is 4.90 Å². The van der Waals surface area contributed by atoms with Gasteiger partial charge in [-0.15, -0.1) is 0 Å². The molecule has 2 aliphatic rings. The highest BCUT2D eigenvalue weighted by Gasteiger charge is 2.44. The molecule has 11 nitrogen and oxygen atoms in total. The Bertz CT molecular complexity index is 1300. The summed E-state index contributed by atoms with van der Waals surface area (Å²) in [4.78, 5) is 58.5. The second kappa shape index (κ2) is 12.3. The molecule has 1 aromatic heterocycles. The van der Waals surface area contributed by atoms with Crippen LogP contribution in [0.4, 0.5) is 4.79 Å². The number of amides is 2. The Morgan fingerprint density at radius 1 is 1.23 bits per heavy atom. The van der Waals surface area contributed by atoms with Crippen LogP contribution >= 0.6 is 0 Å². The normalized spacial score (nSPS) is 21.2. The molecule has 1 aliphatic heterocycles. The molecular weight excluding hydrogens is 516 g/mol. The number of carboxylic acid groups (broad SMARTS) is 1. The number of hydrogen-bond acceptors (Lipinski definition) is 7. The SMILES string of the molecule is COc1ccc2nc(CCCCC[C@@H]3C[C@H]3OC(=O)N[C@H](C(=O)N3CCC[C@H]3C(=O)O)C(C)(C)C)c(=O)[nH]c2c1. The molecule has 4 rings (SSSR count). The molecule has 1 aliphatic carbocycles. The van der Waals surface area contributed by atoms with Crippen LogP contribution in [-0.4, -0.2) is 69.8 Å². The molecule has 2 heterocycles. The average Bonchev–Trinajstić information content (AvgIpc) is 3.42. The molecule has 1 saturated heterocycles. The standard InChI is InChI=1S/C29H40N4O7/c1-29(2,3)24(26(35)33-14-8-11-22(33)27(36)37)32-28(38)40-23-15-17(23)9-6-5-7-10-20-25(34)31-21-16-18(39-4)12-13-19(21)30-20/h12-13,16-17,22-24H,5-11,14-15H2,1-4H3,(H,31,34)(H,32,38)(H,36,37)/t17-,22+,23-,24-/m1/s1. The molecule has 40 heavy (non-hydrogen) atoms. The summed E-state index contributed by atoms with van der Waals surface area (Å²) in [6.45, 7) is 5.87. The van der Waals surface area contributed by atoms with E-state index in [1.807, 2.05) is 32.9 Å². The molecule has 218 valence electrons. The Morgan fingerprint density at radius 3 is 2.70 bits per heavy atom. The largest absolute Gasteiger partial charge is 0.497 e. The average molecular weight is 557 g/mol. The number of fused-ring (bicyclic) bond motifs is 1. The number of aromatic amines is 1. The van der Waals surface area contributed by atoms with Crippen molar-refractivity contribution in [2.45, 2.75) is 90.3 Å². The molecule has 2 amide bonds. The molecule has 0 unspecified atom stereocenters. The monoisotopic (exact) mass is 556 g/mol. The van der Waals surface area contributed by atoms with E-state index in [9.17, 15) is 24.3 Å². The molecule has 1 saturated carbocycles. The van der Waals surface area contributed by atoms with Crippen LogP contribution in [0, 0.1) is 11.3 Å². The first-order chi connectivity index (χ1) is 19.0. The number of ether oxygens (including phenoxy) is 2. The summed E-state index contributed by atoms with van der Waals surface area (Å²) >= 11 is 0. The van der Waals surface area contributed by atoms with Crippen molar-refractivity contribution in [2.24, 2.45) is 11.3 Å². The third-order valence-electron chi connectivity index (χ3n) is 7.77. The number of unbranched alkanes of at least 4 members (excludes halogenated alkanes) is 2. The van der Waals surface area contributed by atoms with Gasteiger partial charge in [0.1, 0.15) is 29.6 Å². The van der Waals surface area contributed by atoms with Crippen molar-refractivity contribution in [3.63, 3.8) is 0 Å². The molecule has 0 spiro atoms. The van der Waals surface area contributed by atoms with E-state index in [-0.39, 0.29) is 23.5 Å². The molecule has 0 radical (unpaired) electrons. The van der Waals surface area contributed by atoms with Crippen molar-refractivity contribution < 1.29 is 29.0 Å². The van der Waals surface area contributed by atoms with Gasteiger partial charge in [0, 0.05) is 12.6 Å². The van der Waals surface area contributed by atoms with Gasteiger partial charge in [-0.1, -0.05) is 33.6 Å².